The zero-order valence-corrected chi connectivity index (χ0v) is 13.7. The van der Waals surface area contributed by atoms with Crippen LogP contribution in [0.25, 0.3) is 10.9 Å². The molecule has 3 nitrogen and oxygen atoms in total. The summed E-state index contributed by atoms with van der Waals surface area (Å²) in [6, 6.07) is 17.8. The third-order valence-corrected chi connectivity index (χ3v) is 5.36. The lowest BCUT2D eigenvalue weighted by Gasteiger charge is -2.39. The van der Waals surface area contributed by atoms with Gasteiger partial charge in [-0.15, -0.1) is 0 Å². The van der Waals surface area contributed by atoms with Gasteiger partial charge >= 0.3 is 0 Å². The molecule has 0 saturated heterocycles. The Morgan fingerprint density at radius 3 is 2.79 bits per heavy atom. The lowest BCUT2D eigenvalue weighted by molar-refractivity contribution is 0.615. The van der Waals surface area contributed by atoms with Gasteiger partial charge in [0.05, 0.1) is 6.04 Å². The first-order valence-corrected chi connectivity index (χ1v) is 8.88. The van der Waals surface area contributed by atoms with Gasteiger partial charge in [-0.25, -0.2) is 0 Å². The van der Waals surface area contributed by atoms with Crippen molar-refractivity contribution in [3.8, 4) is 0 Å². The molecule has 1 aromatic heterocycles. The SMILES string of the molecule is c1ccc2c(c1)CCC(c1c[nH]c3ccccc13)N2C1=NCCC1. The molecule has 0 radical (unpaired) electrons. The molecule has 0 spiro atoms. The number of aliphatic imine (C=N–C) groups is 1. The van der Waals surface area contributed by atoms with Crippen LogP contribution in [-0.4, -0.2) is 17.4 Å². The van der Waals surface area contributed by atoms with Crippen molar-refractivity contribution in [1.82, 2.24) is 4.98 Å². The Bertz CT molecular complexity index is 921. The highest BCUT2D eigenvalue weighted by Gasteiger charge is 2.32. The number of hydrogen-bond donors (Lipinski definition) is 1. The number of nitrogens with one attached hydrogen (secondary N) is 1. The quantitative estimate of drug-likeness (QED) is 0.683. The monoisotopic (exact) mass is 315 g/mol. The first-order chi connectivity index (χ1) is 11.9. The highest BCUT2D eigenvalue weighted by Crippen LogP contribution is 2.41. The van der Waals surface area contributed by atoms with Gasteiger partial charge in [0.2, 0.25) is 0 Å². The lowest BCUT2D eigenvalue weighted by atomic mass is 9.90. The Kier molecular flexibility index (Phi) is 3.18. The predicted octanol–water partition coefficient (Wildman–Crippen LogP) is 4.85. The van der Waals surface area contributed by atoms with Gasteiger partial charge in [-0.05, 0) is 37.0 Å². The number of para-hydroxylation sites is 2. The Balaban J connectivity index is 1.67. The van der Waals surface area contributed by atoms with E-state index in [1.807, 2.05) is 0 Å². The number of nitrogens with zero attached hydrogens (tertiary/aromatic N) is 2. The first-order valence-electron chi connectivity index (χ1n) is 8.88. The molecule has 0 saturated carbocycles. The second kappa shape index (κ2) is 5.52. The summed E-state index contributed by atoms with van der Waals surface area (Å²) in [6.07, 6.45) is 6.73. The van der Waals surface area contributed by atoms with E-state index in [1.54, 1.807) is 0 Å². The van der Waals surface area contributed by atoms with Crippen LogP contribution in [0.2, 0.25) is 0 Å². The minimum absolute atomic E-state index is 0.368. The number of amidine groups is 1. The Labute approximate surface area is 142 Å². The van der Waals surface area contributed by atoms with Crippen LogP contribution in [0, 0.1) is 0 Å². The van der Waals surface area contributed by atoms with Crippen LogP contribution in [0.15, 0.2) is 59.7 Å². The standard InChI is InChI=1S/C21H21N3/c1-4-9-19-15(6-1)11-12-20(24(19)21-10-5-13-22-21)17-14-23-18-8-3-2-7-16(17)18/h1-4,6-9,14,20,23H,5,10-13H2. The van der Waals surface area contributed by atoms with Crippen molar-refractivity contribution in [3.63, 3.8) is 0 Å². The molecule has 0 fully saturated rings. The fourth-order valence-electron chi connectivity index (χ4n) is 4.25. The molecule has 24 heavy (non-hydrogen) atoms. The van der Waals surface area contributed by atoms with Crippen molar-refractivity contribution in [2.75, 3.05) is 11.4 Å². The zero-order chi connectivity index (χ0) is 15.9. The van der Waals surface area contributed by atoms with Gasteiger partial charge in [0.15, 0.2) is 0 Å². The van der Waals surface area contributed by atoms with Gasteiger partial charge in [-0.1, -0.05) is 36.4 Å². The van der Waals surface area contributed by atoms with Crippen LogP contribution in [0.4, 0.5) is 5.69 Å². The molecule has 2 aliphatic heterocycles. The van der Waals surface area contributed by atoms with Crippen molar-refractivity contribution in [1.29, 1.82) is 0 Å². The second-order valence-corrected chi connectivity index (χ2v) is 6.74. The van der Waals surface area contributed by atoms with Crippen molar-refractivity contribution < 1.29 is 0 Å². The average molecular weight is 315 g/mol. The molecule has 0 bridgehead atoms. The summed E-state index contributed by atoms with van der Waals surface area (Å²) in [7, 11) is 0. The van der Waals surface area contributed by atoms with Crippen LogP contribution in [0.5, 0.6) is 0 Å². The van der Waals surface area contributed by atoms with Crippen molar-refractivity contribution in [3.05, 3.63) is 65.9 Å². The van der Waals surface area contributed by atoms with Crippen LogP contribution in [0.1, 0.15) is 36.4 Å². The summed E-state index contributed by atoms with van der Waals surface area (Å²) in [6.45, 7) is 0.967. The van der Waals surface area contributed by atoms with E-state index in [9.17, 15) is 0 Å². The van der Waals surface area contributed by atoms with E-state index in [4.69, 9.17) is 4.99 Å². The molecular formula is C21H21N3. The number of benzene rings is 2. The molecular weight excluding hydrogens is 294 g/mol. The summed E-state index contributed by atoms with van der Waals surface area (Å²) in [4.78, 5) is 10.8. The molecule has 0 amide bonds. The summed E-state index contributed by atoms with van der Waals surface area (Å²) in [5, 5.41) is 1.34. The molecule has 1 unspecified atom stereocenters. The fourth-order valence-corrected chi connectivity index (χ4v) is 4.25. The van der Waals surface area contributed by atoms with Crippen molar-refractivity contribution >= 4 is 22.4 Å². The van der Waals surface area contributed by atoms with Crippen LogP contribution >= 0.6 is 0 Å². The number of aromatic nitrogens is 1. The summed E-state index contributed by atoms with van der Waals surface area (Å²) in [5.74, 6) is 1.26. The van der Waals surface area contributed by atoms with Crippen LogP contribution in [-0.2, 0) is 6.42 Å². The Hall–Kier alpha value is -2.55. The number of rotatable bonds is 1. The molecule has 2 aliphatic rings. The molecule has 2 aromatic carbocycles. The minimum atomic E-state index is 0.368. The van der Waals surface area contributed by atoms with E-state index >= 15 is 0 Å². The van der Waals surface area contributed by atoms with Crippen LogP contribution < -0.4 is 4.90 Å². The molecule has 0 aliphatic carbocycles. The van der Waals surface area contributed by atoms with Gasteiger partial charge in [-0.3, -0.25) is 4.99 Å². The summed E-state index contributed by atoms with van der Waals surface area (Å²) >= 11 is 0. The number of anilines is 1. The normalized spacial score (nSPS) is 20.2. The maximum atomic E-state index is 4.83. The van der Waals surface area contributed by atoms with E-state index in [-0.39, 0.29) is 0 Å². The first kappa shape index (κ1) is 13.8. The van der Waals surface area contributed by atoms with E-state index in [0.717, 1.165) is 25.8 Å². The number of fused-ring (bicyclic) bond motifs is 2. The molecule has 120 valence electrons. The van der Waals surface area contributed by atoms with E-state index in [2.05, 4.69) is 64.6 Å². The van der Waals surface area contributed by atoms with Gasteiger partial charge in [0.1, 0.15) is 5.84 Å². The maximum Gasteiger partial charge on any atom is 0.104 e. The fraction of sp³-hybridized carbons (Fsp3) is 0.286. The highest BCUT2D eigenvalue weighted by atomic mass is 15.2. The number of aryl methyl sites for hydroxylation is 1. The number of H-pyrrole nitrogens is 1. The molecule has 1 atom stereocenters. The van der Waals surface area contributed by atoms with Crippen molar-refractivity contribution in [2.24, 2.45) is 4.99 Å². The highest BCUT2D eigenvalue weighted by molar-refractivity contribution is 6.01. The predicted molar refractivity (Wildman–Crippen MR) is 99.8 cm³/mol. The molecule has 5 rings (SSSR count). The minimum Gasteiger partial charge on any atom is -0.361 e. The molecule has 3 aromatic rings. The maximum absolute atomic E-state index is 4.83. The average Bonchev–Trinajstić information content (AvgIpc) is 3.30. The molecule has 3 heteroatoms. The van der Waals surface area contributed by atoms with E-state index in [0.29, 0.717) is 6.04 Å². The molecule has 3 heterocycles. The summed E-state index contributed by atoms with van der Waals surface area (Å²) in [5.41, 5.74) is 5.41. The van der Waals surface area contributed by atoms with Gasteiger partial charge in [0, 0.05) is 41.3 Å². The zero-order valence-electron chi connectivity index (χ0n) is 13.7. The topological polar surface area (TPSA) is 31.4 Å². The third-order valence-electron chi connectivity index (χ3n) is 5.36. The van der Waals surface area contributed by atoms with Gasteiger partial charge < -0.3 is 9.88 Å². The third kappa shape index (κ3) is 2.08. The number of hydrogen-bond acceptors (Lipinski definition) is 2. The molecule has 1 N–H and O–H groups in total. The number of aromatic amines is 1. The summed E-state index contributed by atoms with van der Waals surface area (Å²) < 4.78 is 0. The second-order valence-electron chi connectivity index (χ2n) is 6.74. The Morgan fingerprint density at radius 1 is 1.00 bits per heavy atom. The lowest BCUT2D eigenvalue weighted by Crippen LogP contribution is -2.37. The Morgan fingerprint density at radius 2 is 1.88 bits per heavy atom. The largest absolute Gasteiger partial charge is 0.361 e. The van der Waals surface area contributed by atoms with Crippen LogP contribution in [0.3, 0.4) is 0 Å². The van der Waals surface area contributed by atoms with E-state index in [1.165, 1.54) is 40.0 Å². The van der Waals surface area contributed by atoms with Crippen molar-refractivity contribution in [2.45, 2.75) is 31.7 Å². The van der Waals surface area contributed by atoms with Gasteiger partial charge in [-0.2, -0.15) is 0 Å². The van der Waals surface area contributed by atoms with Gasteiger partial charge in [0.25, 0.3) is 0 Å². The smallest absolute Gasteiger partial charge is 0.104 e. The van der Waals surface area contributed by atoms with E-state index < -0.39 is 0 Å².